The van der Waals surface area contributed by atoms with Gasteiger partial charge in [-0.1, -0.05) is 17.7 Å². The topological polar surface area (TPSA) is 120 Å². The fraction of sp³-hybridized carbons (Fsp3) is 0.375. The van der Waals surface area contributed by atoms with Crippen LogP contribution in [-0.2, 0) is 0 Å². The normalized spacial score (nSPS) is 15.4. The molecule has 0 spiro atoms. The Labute approximate surface area is 225 Å². The van der Waals surface area contributed by atoms with Crippen LogP contribution in [-0.4, -0.2) is 57.9 Å². The Balaban J connectivity index is 1.44. The predicted molar refractivity (Wildman–Crippen MR) is 136 cm³/mol. The minimum atomic E-state index is -2.77. The number of ether oxygens (including phenoxy) is 1. The Kier molecular flexibility index (Phi) is 9.13. The SMILES string of the molecule is N=Cn1c(OCC2CCN(C(CNC(=O)c3c(F)cccc3Cl)c3scnc3C(F)F)CC2)cncc1=N. The van der Waals surface area contributed by atoms with Crippen molar-refractivity contribution in [1.82, 2.24) is 24.8 Å². The number of thiazole rings is 1. The zero-order chi connectivity index (χ0) is 27.2. The number of nitrogens with zero attached hydrogens (tertiary/aromatic N) is 4. The van der Waals surface area contributed by atoms with Gasteiger partial charge >= 0.3 is 0 Å². The largest absolute Gasteiger partial charge is 0.477 e. The first-order chi connectivity index (χ1) is 18.3. The van der Waals surface area contributed by atoms with Gasteiger partial charge in [-0.05, 0) is 44.0 Å². The molecule has 1 saturated heterocycles. The van der Waals surface area contributed by atoms with Crippen molar-refractivity contribution in [2.45, 2.75) is 25.3 Å². The summed E-state index contributed by atoms with van der Waals surface area (Å²) in [5, 5.41) is 17.9. The van der Waals surface area contributed by atoms with E-state index in [9.17, 15) is 18.0 Å². The smallest absolute Gasteiger partial charge is 0.281 e. The molecular weight excluding hydrogens is 543 g/mol. The van der Waals surface area contributed by atoms with E-state index in [1.807, 2.05) is 4.90 Å². The van der Waals surface area contributed by atoms with Crippen molar-refractivity contribution < 1.29 is 22.7 Å². The van der Waals surface area contributed by atoms with Crippen LogP contribution < -0.4 is 15.5 Å². The second kappa shape index (κ2) is 12.5. The lowest BCUT2D eigenvalue weighted by Gasteiger charge is -2.37. The van der Waals surface area contributed by atoms with Crippen molar-refractivity contribution in [2.24, 2.45) is 5.92 Å². The van der Waals surface area contributed by atoms with Gasteiger partial charge in [0, 0.05) is 6.54 Å². The van der Waals surface area contributed by atoms with E-state index in [0.717, 1.165) is 23.7 Å². The highest BCUT2D eigenvalue weighted by Gasteiger charge is 2.32. The van der Waals surface area contributed by atoms with Crippen molar-refractivity contribution in [3.8, 4) is 5.88 Å². The van der Waals surface area contributed by atoms with Crippen molar-refractivity contribution in [2.75, 3.05) is 26.2 Å². The minimum absolute atomic E-state index is 0.0215. The number of likely N-dealkylation sites (tertiary alicyclic amines) is 1. The predicted octanol–water partition coefficient (Wildman–Crippen LogP) is 4.27. The molecule has 3 heterocycles. The molecule has 14 heteroatoms. The summed E-state index contributed by atoms with van der Waals surface area (Å²) in [5.74, 6) is -1.07. The van der Waals surface area contributed by atoms with Gasteiger partial charge in [0.1, 0.15) is 11.5 Å². The van der Waals surface area contributed by atoms with Gasteiger partial charge in [-0.2, -0.15) is 0 Å². The van der Waals surface area contributed by atoms with Crippen molar-refractivity contribution >= 4 is 35.2 Å². The van der Waals surface area contributed by atoms with Crippen LogP contribution in [0.3, 0.4) is 0 Å². The summed E-state index contributed by atoms with van der Waals surface area (Å²) in [6.45, 7) is 1.38. The molecule has 0 bridgehead atoms. The van der Waals surface area contributed by atoms with Crippen LogP contribution in [0.1, 0.15) is 46.2 Å². The summed E-state index contributed by atoms with van der Waals surface area (Å²) >= 11 is 7.10. The fourth-order valence-corrected chi connectivity index (χ4v) is 5.53. The number of halogens is 4. The second-order valence-electron chi connectivity index (χ2n) is 8.65. The summed E-state index contributed by atoms with van der Waals surface area (Å²) in [7, 11) is 0. The Morgan fingerprint density at radius 3 is 2.76 bits per heavy atom. The van der Waals surface area contributed by atoms with E-state index in [0.29, 0.717) is 37.4 Å². The molecule has 9 nitrogen and oxygen atoms in total. The number of hydrogen-bond acceptors (Lipinski definition) is 8. The lowest BCUT2D eigenvalue weighted by atomic mass is 9.96. The molecule has 1 aromatic carbocycles. The molecule has 0 saturated carbocycles. The van der Waals surface area contributed by atoms with E-state index >= 15 is 0 Å². The lowest BCUT2D eigenvalue weighted by Crippen LogP contribution is -2.43. The molecule has 1 atom stereocenters. The summed E-state index contributed by atoms with van der Waals surface area (Å²) in [6.07, 6.45) is 2.32. The first-order valence-corrected chi connectivity index (χ1v) is 13.0. The number of carbonyl (C=O) groups is 1. The number of rotatable bonds is 10. The van der Waals surface area contributed by atoms with Crippen LogP contribution in [0.2, 0.25) is 5.02 Å². The van der Waals surface area contributed by atoms with Gasteiger partial charge in [0.15, 0.2) is 5.49 Å². The quantitative estimate of drug-likeness (QED) is 0.250. The highest BCUT2D eigenvalue weighted by Crippen LogP contribution is 2.35. The number of piperidine rings is 1. The number of aromatic nitrogens is 3. The summed E-state index contributed by atoms with van der Waals surface area (Å²) in [4.78, 5) is 22.9. The third-order valence-electron chi connectivity index (χ3n) is 6.34. The third kappa shape index (κ3) is 6.22. The molecule has 3 N–H and O–H groups in total. The lowest BCUT2D eigenvalue weighted by molar-refractivity contribution is 0.0865. The van der Waals surface area contributed by atoms with E-state index in [1.54, 1.807) is 0 Å². The molecule has 2 aromatic heterocycles. The molecule has 3 aromatic rings. The maximum Gasteiger partial charge on any atom is 0.281 e. The van der Waals surface area contributed by atoms with Crippen LogP contribution in [0.4, 0.5) is 13.2 Å². The second-order valence-corrected chi connectivity index (χ2v) is 9.94. The number of hydrogen-bond donors (Lipinski definition) is 3. The van der Waals surface area contributed by atoms with E-state index in [-0.39, 0.29) is 40.1 Å². The van der Waals surface area contributed by atoms with E-state index < -0.39 is 24.2 Å². The van der Waals surface area contributed by atoms with Crippen molar-refractivity contribution in [1.29, 1.82) is 10.8 Å². The van der Waals surface area contributed by atoms with Gasteiger partial charge in [0.05, 0.1) is 52.4 Å². The fourth-order valence-electron chi connectivity index (χ4n) is 4.35. The maximum atomic E-state index is 14.2. The molecule has 202 valence electrons. The van der Waals surface area contributed by atoms with Crippen LogP contribution in [0, 0.1) is 22.6 Å². The number of nitrogens with one attached hydrogen (secondary N) is 3. The standard InChI is InChI=1S/C24H25ClF3N7O2S/c25-15-2-1-3-16(26)20(15)24(36)32-8-17(22-21(23(27)28)33-13-38-22)34-6-4-14(5-7-34)11-37-19-10-31-9-18(30)35(19)12-29/h1-3,9-10,12-14,17,23,29-30H,4-8,11H2,(H,32,36). The molecule has 0 aliphatic carbocycles. The average Bonchev–Trinajstić information content (AvgIpc) is 3.38. The molecule has 1 aliphatic rings. The maximum absolute atomic E-state index is 14.2. The minimum Gasteiger partial charge on any atom is -0.477 e. The van der Waals surface area contributed by atoms with Crippen molar-refractivity contribution in [3.63, 3.8) is 0 Å². The Morgan fingerprint density at radius 1 is 1.32 bits per heavy atom. The van der Waals surface area contributed by atoms with Crippen LogP contribution in [0.25, 0.3) is 0 Å². The van der Waals surface area contributed by atoms with Gasteiger partial charge < -0.3 is 10.1 Å². The zero-order valence-electron chi connectivity index (χ0n) is 20.0. The summed E-state index contributed by atoms with van der Waals surface area (Å²) < 4.78 is 48.7. The van der Waals surface area contributed by atoms with E-state index in [4.69, 9.17) is 27.2 Å². The molecule has 4 rings (SSSR count). The van der Waals surface area contributed by atoms with Gasteiger partial charge in [-0.15, -0.1) is 11.3 Å². The number of carbonyl (C=O) groups excluding carboxylic acids is 1. The van der Waals surface area contributed by atoms with E-state index in [2.05, 4.69) is 15.3 Å². The first kappa shape index (κ1) is 27.7. The van der Waals surface area contributed by atoms with Gasteiger partial charge in [0.25, 0.3) is 12.3 Å². The summed E-state index contributed by atoms with van der Waals surface area (Å²) in [5.41, 5.74) is 0.749. The molecule has 1 amide bonds. The van der Waals surface area contributed by atoms with Crippen molar-refractivity contribution in [3.05, 3.63) is 68.6 Å². The van der Waals surface area contributed by atoms with Crippen LogP contribution >= 0.6 is 22.9 Å². The molecule has 1 unspecified atom stereocenters. The molecule has 1 aliphatic heterocycles. The molecular formula is C24H25ClF3N7O2S. The Hall–Kier alpha value is -3.29. The monoisotopic (exact) mass is 567 g/mol. The number of amides is 1. The van der Waals surface area contributed by atoms with E-state index in [1.165, 1.54) is 34.6 Å². The van der Waals surface area contributed by atoms with Crippen LogP contribution in [0.15, 0.2) is 36.1 Å². The number of alkyl halides is 2. The molecule has 0 radical (unpaired) electrons. The Bertz CT molecular complexity index is 1320. The third-order valence-corrected chi connectivity index (χ3v) is 7.60. The van der Waals surface area contributed by atoms with Gasteiger partial charge in [-0.3, -0.25) is 30.1 Å². The average molecular weight is 568 g/mol. The first-order valence-electron chi connectivity index (χ1n) is 11.7. The summed E-state index contributed by atoms with van der Waals surface area (Å²) in [6, 6.07) is 3.33. The van der Waals surface area contributed by atoms with Gasteiger partial charge in [0.2, 0.25) is 5.88 Å². The Morgan fingerprint density at radius 2 is 2.08 bits per heavy atom. The molecule has 38 heavy (non-hydrogen) atoms. The number of benzene rings is 1. The molecule has 1 fully saturated rings. The van der Waals surface area contributed by atoms with Gasteiger partial charge in [-0.25, -0.2) is 18.2 Å². The van der Waals surface area contributed by atoms with Crippen LogP contribution in [0.5, 0.6) is 5.88 Å². The highest BCUT2D eigenvalue weighted by molar-refractivity contribution is 7.09. The zero-order valence-corrected chi connectivity index (χ0v) is 21.6. The highest BCUT2D eigenvalue weighted by atomic mass is 35.5.